The van der Waals surface area contributed by atoms with Gasteiger partial charge in [0.2, 0.25) is 0 Å². The Morgan fingerprint density at radius 1 is 0.711 bits per heavy atom. The topological polar surface area (TPSA) is 9.23 Å². The van der Waals surface area contributed by atoms with Crippen LogP contribution in [0.3, 0.4) is 0 Å². The van der Waals surface area contributed by atoms with Crippen LogP contribution in [0.2, 0.25) is 0 Å². The second kappa shape index (κ2) is 13.7. The number of unbranched alkanes of at least 4 members (excludes halogenated alkanes) is 1. The highest BCUT2D eigenvalue weighted by Gasteiger charge is 2.36. The summed E-state index contributed by atoms with van der Waals surface area (Å²) in [6.07, 6.45) is -0.154. The van der Waals surface area contributed by atoms with Gasteiger partial charge >= 0.3 is 6.36 Å². The van der Waals surface area contributed by atoms with Crippen LogP contribution in [0.25, 0.3) is 0 Å². The van der Waals surface area contributed by atoms with Crippen molar-refractivity contribution in [3.63, 3.8) is 0 Å². The molecule has 2 aliphatic rings. The molecule has 244 valence electrons. The van der Waals surface area contributed by atoms with E-state index in [1.54, 1.807) is 12.1 Å². The van der Waals surface area contributed by atoms with Gasteiger partial charge in [0.1, 0.15) is 5.82 Å². The summed E-state index contributed by atoms with van der Waals surface area (Å²) < 4.78 is 131. The van der Waals surface area contributed by atoms with Crippen LogP contribution in [0.4, 0.5) is 39.5 Å². The van der Waals surface area contributed by atoms with Crippen molar-refractivity contribution in [2.24, 2.45) is 5.92 Å². The van der Waals surface area contributed by atoms with Gasteiger partial charge in [-0.1, -0.05) is 31.5 Å². The van der Waals surface area contributed by atoms with Crippen LogP contribution >= 0.6 is 0 Å². The molecule has 3 aromatic rings. The number of aryl methyl sites for hydroxylation is 2. The quantitative estimate of drug-likeness (QED) is 0.167. The van der Waals surface area contributed by atoms with Gasteiger partial charge in [-0.05, 0) is 128 Å². The Hall–Kier alpha value is -3.17. The molecule has 0 aliphatic heterocycles. The van der Waals surface area contributed by atoms with Crippen molar-refractivity contribution < 1.29 is 44.3 Å². The molecule has 0 saturated heterocycles. The van der Waals surface area contributed by atoms with E-state index < -0.39 is 52.9 Å². The number of benzene rings is 3. The van der Waals surface area contributed by atoms with Crippen molar-refractivity contribution in [1.29, 1.82) is 0 Å². The minimum absolute atomic E-state index is 0.00288. The maximum Gasteiger partial charge on any atom is 0.573 e. The molecular weight excluding hydrogens is 607 g/mol. The van der Waals surface area contributed by atoms with E-state index in [9.17, 15) is 26.3 Å². The van der Waals surface area contributed by atoms with E-state index in [1.807, 2.05) is 6.92 Å². The van der Waals surface area contributed by atoms with E-state index in [-0.39, 0.29) is 53.4 Å². The van der Waals surface area contributed by atoms with Crippen LogP contribution in [0.5, 0.6) is 5.75 Å². The van der Waals surface area contributed by atoms with Crippen molar-refractivity contribution in [3.8, 4) is 5.75 Å². The Morgan fingerprint density at radius 2 is 1.36 bits per heavy atom. The van der Waals surface area contributed by atoms with Crippen molar-refractivity contribution in [1.82, 2.24) is 0 Å². The molecule has 1 fully saturated rings. The van der Waals surface area contributed by atoms with Crippen molar-refractivity contribution in [2.75, 3.05) is 0 Å². The highest BCUT2D eigenvalue weighted by molar-refractivity contribution is 5.41. The molecule has 5 rings (SSSR count). The molecule has 1 atom stereocenters. The third kappa shape index (κ3) is 7.30. The van der Waals surface area contributed by atoms with Crippen molar-refractivity contribution in [2.45, 2.75) is 102 Å². The minimum atomic E-state index is -5.03. The monoisotopic (exact) mass is 642 g/mol. The molecule has 0 radical (unpaired) electrons. The van der Waals surface area contributed by atoms with E-state index in [1.165, 1.54) is 6.07 Å². The summed E-state index contributed by atoms with van der Waals surface area (Å²) >= 11 is 0. The van der Waals surface area contributed by atoms with E-state index in [0.717, 1.165) is 25.0 Å². The van der Waals surface area contributed by atoms with Crippen molar-refractivity contribution >= 4 is 0 Å². The SMILES string of the molecule is CCCCc1ccc(CCC2CCc3c(F)c(C4CCC(c5ccc(OC(F)(F)F)c(F)c5)CC4)c(F)c(F)c3C2)c(F)c1F. The van der Waals surface area contributed by atoms with Crippen LogP contribution in [0.15, 0.2) is 30.3 Å². The van der Waals surface area contributed by atoms with Gasteiger partial charge in [-0.15, -0.1) is 13.2 Å². The number of alkyl halides is 3. The smallest absolute Gasteiger partial charge is 0.403 e. The lowest BCUT2D eigenvalue weighted by Crippen LogP contribution is -2.23. The van der Waals surface area contributed by atoms with Gasteiger partial charge in [-0.2, -0.15) is 0 Å². The summed E-state index contributed by atoms with van der Waals surface area (Å²) in [4.78, 5) is 0. The first-order valence-electron chi connectivity index (χ1n) is 15.6. The molecule has 2 aliphatic carbocycles. The molecule has 1 nitrogen and oxygen atoms in total. The lowest BCUT2D eigenvalue weighted by Gasteiger charge is -2.32. The molecule has 0 N–H and O–H groups in total. The predicted molar refractivity (Wildman–Crippen MR) is 152 cm³/mol. The fourth-order valence-corrected chi connectivity index (χ4v) is 7.03. The Labute approximate surface area is 256 Å². The Kier molecular flexibility index (Phi) is 10.1. The molecule has 1 unspecified atom stereocenters. The second-order valence-electron chi connectivity index (χ2n) is 12.4. The van der Waals surface area contributed by atoms with Gasteiger partial charge in [0.05, 0.1) is 0 Å². The zero-order valence-electron chi connectivity index (χ0n) is 24.9. The third-order valence-corrected chi connectivity index (χ3v) is 9.51. The number of rotatable bonds is 9. The van der Waals surface area contributed by atoms with Crippen LogP contribution < -0.4 is 4.74 Å². The first-order valence-corrected chi connectivity index (χ1v) is 15.6. The molecule has 0 amide bonds. The first-order chi connectivity index (χ1) is 21.4. The first kappa shape index (κ1) is 33.2. The van der Waals surface area contributed by atoms with Gasteiger partial charge in [-0.25, -0.2) is 26.3 Å². The molecule has 0 aromatic heterocycles. The van der Waals surface area contributed by atoms with Crippen LogP contribution in [-0.4, -0.2) is 6.36 Å². The fourth-order valence-electron chi connectivity index (χ4n) is 7.03. The predicted octanol–water partition coefficient (Wildman–Crippen LogP) is 10.9. The molecule has 10 heteroatoms. The standard InChI is InChI=1S/C35H35F9O/c1-2-3-4-22-12-13-23(31(38)30(22)37)7-5-19-6-15-25-26(17-19)33(40)34(41)29(32(25)39)21-10-8-20(9-11-21)24-14-16-28(27(36)18-24)45-35(42,43)44/h12-14,16,18-21H,2-11,15,17H2,1H3. The van der Waals surface area contributed by atoms with Crippen LogP contribution in [0, 0.1) is 40.8 Å². The zero-order chi connectivity index (χ0) is 32.5. The molecule has 3 aromatic carbocycles. The van der Waals surface area contributed by atoms with Gasteiger partial charge in [-0.3, -0.25) is 0 Å². The summed E-state index contributed by atoms with van der Waals surface area (Å²) in [5.41, 5.74) is 0.891. The molecule has 1 saturated carbocycles. The van der Waals surface area contributed by atoms with Gasteiger partial charge < -0.3 is 4.74 Å². The maximum atomic E-state index is 15.8. The number of ether oxygens (including phenoxy) is 1. The van der Waals surface area contributed by atoms with Crippen molar-refractivity contribution in [3.05, 3.63) is 98.6 Å². The number of halogens is 9. The Bertz CT molecular complexity index is 1520. The zero-order valence-corrected chi connectivity index (χ0v) is 24.9. The summed E-state index contributed by atoms with van der Waals surface area (Å²) in [6, 6.07) is 6.42. The average molecular weight is 643 g/mol. The Balaban J connectivity index is 1.24. The highest BCUT2D eigenvalue weighted by Crippen LogP contribution is 2.45. The molecule has 0 bridgehead atoms. The van der Waals surface area contributed by atoms with Gasteiger partial charge in [0, 0.05) is 5.56 Å². The van der Waals surface area contributed by atoms with E-state index in [4.69, 9.17) is 0 Å². The third-order valence-electron chi connectivity index (χ3n) is 9.51. The number of hydrogen-bond acceptors (Lipinski definition) is 1. The maximum absolute atomic E-state index is 15.8. The van der Waals surface area contributed by atoms with Crippen LogP contribution in [0.1, 0.15) is 104 Å². The normalized spacial score (nSPS) is 20.3. The molecule has 0 spiro atoms. The van der Waals surface area contributed by atoms with Crippen LogP contribution in [-0.2, 0) is 25.7 Å². The number of fused-ring (bicyclic) bond motifs is 1. The highest BCUT2D eigenvalue weighted by atomic mass is 19.4. The second-order valence-corrected chi connectivity index (χ2v) is 12.4. The largest absolute Gasteiger partial charge is 0.573 e. The van der Waals surface area contributed by atoms with E-state index in [2.05, 4.69) is 4.74 Å². The van der Waals surface area contributed by atoms with E-state index in [0.29, 0.717) is 56.1 Å². The van der Waals surface area contributed by atoms with E-state index >= 15 is 13.2 Å². The summed E-state index contributed by atoms with van der Waals surface area (Å²) in [5.74, 6) is -7.84. The average Bonchev–Trinajstić information content (AvgIpc) is 3.01. The lowest BCUT2D eigenvalue weighted by atomic mass is 9.73. The lowest BCUT2D eigenvalue weighted by molar-refractivity contribution is -0.275. The minimum Gasteiger partial charge on any atom is -0.403 e. The van der Waals surface area contributed by atoms with Gasteiger partial charge in [0.15, 0.2) is 34.8 Å². The molecular formula is C35H35F9O. The Morgan fingerprint density at radius 3 is 1.98 bits per heavy atom. The fraction of sp³-hybridized carbons (Fsp3) is 0.486. The number of hydrogen-bond donors (Lipinski definition) is 0. The van der Waals surface area contributed by atoms with Gasteiger partial charge in [0.25, 0.3) is 0 Å². The molecule has 0 heterocycles. The summed E-state index contributed by atoms with van der Waals surface area (Å²) in [6.45, 7) is 1.97. The molecule has 45 heavy (non-hydrogen) atoms. The summed E-state index contributed by atoms with van der Waals surface area (Å²) in [7, 11) is 0. The summed E-state index contributed by atoms with van der Waals surface area (Å²) in [5, 5.41) is 0.